The Kier molecular flexibility index (Phi) is 3.79. The third-order valence-corrected chi connectivity index (χ3v) is 2.59. The van der Waals surface area contributed by atoms with Crippen LogP contribution in [0.25, 0.3) is 0 Å². The number of nitrogens with zero attached hydrogens (tertiary/aromatic N) is 1. The maximum absolute atomic E-state index is 13.5. The van der Waals surface area contributed by atoms with Crippen LogP contribution in [0.5, 0.6) is 0 Å². The summed E-state index contributed by atoms with van der Waals surface area (Å²) in [5.74, 6) is 0.556. The molecule has 6 heteroatoms. The van der Waals surface area contributed by atoms with Gasteiger partial charge in [-0.1, -0.05) is 23.4 Å². The van der Waals surface area contributed by atoms with Crippen molar-refractivity contribution >= 4 is 11.8 Å². The summed E-state index contributed by atoms with van der Waals surface area (Å²) in [6.45, 7) is 3.42. The molecule has 0 aliphatic rings. The van der Waals surface area contributed by atoms with Crippen LogP contribution in [-0.2, 0) is 0 Å². The van der Waals surface area contributed by atoms with Gasteiger partial charge in [0.15, 0.2) is 5.82 Å². The van der Waals surface area contributed by atoms with Gasteiger partial charge in [0, 0.05) is 11.6 Å². The lowest BCUT2D eigenvalue weighted by Gasteiger charge is -2.14. The summed E-state index contributed by atoms with van der Waals surface area (Å²) in [5, 5.41) is 8.76. The normalized spacial score (nSPS) is 11.9. The lowest BCUT2D eigenvalue weighted by molar-refractivity contribution is 0.249. The van der Waals surface area contributed by atoms with E-state index in [0.29, 0.717) is 17.1 Å². The van der Waals surface area contributed by atoms with Crippen molar-refractivity contribution in [2.75, 3.05) is 5.32 Å². The summed E-state index contributed by atoms with van der Waals surface area (Å²) in [6.07, 6.45) is 0. The van der Waals surface area contributed by atoms with Gasteiger partial charge in [0.2, 0.25) is 0 Å². The Morgan fingerprint density at radius 1 is 1.42 bits per heavy atom. The number of aryl methyl sites for hydroxylation is 1. The minimum atomic E-state index is -0.468. The number of anilines is 1. The molecule has 0 fully saturated rings. The van der Waals surface area contributed by atoms with Crippen LogP contribution in [0.4, 0.5) is 15.0 Å². The molecule has 100 valence electrons. The Morgan fingerprint density at radius 2 is 2.16 bits per heavy atom. The van der Waals surface area contributed by atoms with Crippen molar-refractivity contribution in [1.29, 1.82) is 0 Å². The van der Waals surface area contributed by atoms with Gasteiger partial charge in [-0.3, -0.25) is 5.32 Å². The van der Waals surface area contributed by atoms with Crippen LogP contribution in [-0.4, -0.2) is 11.2 Å². The fourth-order valence-electron chi connectivity index (χ4n) is 1.68. The van der Waals surface area contributed by atoms with E-state index in [-0.39, 0.29) is 5.82 Å². The molecule has 0 saturated heterocycles. The summed E-state index contributed by atoms with van der Waals surface area (Å²) in [5.41, 5.74) is 0.425. The predicted molar refractivity (Wildman–Crippen MR) is 68.2 cm³/mol. The average molecular weight is 263 g/mol. The second-order valence-electron chi connectivity index (χ2n) is 4.16. The molecule has 5 nitrogen and oxygen atoms in total. The fraction of sp³-hybridized carbons (Fsp3) is 0.231. The van der Waals surface area contributed by atoms with Crippen LogP contribution in [0, 0.1) is 12.7 Å². The zero-order chi connectivity index (χ0) is 13.8. The van der Waals surface area contributed by atoms with Gasteiger partial charge in [0.1, 0.15) is 11.6 Å². The van der Waals surface area contributed by atoms with Crippen LogP contribution in [0.15, 0.2) is 34.9 Å². The van der Waals surface area contributed by atoms with Gasteiger partial charge in [-0.05, 0) is 19.9 Å². The molecule has 0 bridgehead atoms. The molecule has 0 aliphatic heterocycles. The lowest BCUT2D eigenvalue weighted by atomic mass is 10.1. The van der Waals surface area contributed by atoms with Crippen molar-refractivity contribution in [2.45, 2.75) is 19.9 Å². The molecule has 0 saturated carbocycles. The molecule has 2 rings (SSSR count). The van der Waals surface area contributed by atoms with Gasteiger partial charge in [-0.15, -0.1) is 0 Å². The monoisotopic (exact) mass is 263 g/mol. The Labute approximate surface area is 109 Å². The summed E-state index contributed by atoms with van der Waals surface area (Å²) >= 11 is 0. The molecule has 19 heavy (non-hydrogen) atoms. The number of hydrogen-bond acceptors (Lipinski definition) is 3. The smallest absolute Gasteiger partial charge is 0.320 e. The molecule has 2 amide bonds. The van der Waals surface area contributed by atoms with Crippen LogP contribution in [0.1, 0.15) is 24.3 Å². The first-order valence-corrected chi connectivity index (χ1v) is 5.81. The van der Waals surface area contributed by atoms with E-state index in [1.165, 1.54) is 6.07 Å². The van der Waals surface area contributed by atoms with Gasteiger partial charge in [-0.25, -0.2) is 9.18 Å². The number of hydrogen-bond donors (Lipinski definition) is 2. The maximum atomic E-state index is 13.5. The Hall–Kier alpha value is -2.37. The van der Waals surface area contributed by atoms with Gasteiger partial charge < -0.3 is 9.84 Å². The number of benzene rings is 1. The molecule has 1 aromatic heterocycles. The first-order chi connectivity index (χ1) is 9.06. The number of rotatable bonds is 3. The number of carbonyl (C=O) groups is 1. The number of halogens is 1. The maximum Gasteiger partial charge on any atom is 0.320 e. The van der Waals surface area contributed by atoms with E-state index < -0.39 is 12.1 Å². The summed E-state index contributed by atoms with van der Waals surface area (Å²) in [6, 6.07) is 6.97. The highest BCUT2D eigenvalue weighted by Crippen LogP contribution is 2.16. The molecule has 0 aliphatic carbocycles. The molecule has 0 radical (unpaired) electrons. The zero-order valence-corrected chi connectivity index (χ0v) is 10.6. The highest BCUT2D eigenvalue weighted by Gasteiger charge is 2.13. The van der Waals surface area contributed by atoms with Gasteiger partial charge in [-0.2, -0.15) is 0 Å². The quantitative estimate of drug-likeness (QED) is 0.894. The van der Waals surface area contributed by atoms with Crippen LogP contribution in [0.3, 0.4) is 0 Å². The topological polar surface area (TPSA) is 67.2 Å². The predicted octanol–water partition coefficient (Wildman–Crippen LogP) is 3.00. The van der Waals surface area contributed by atoms with E-state index in [1.54, 1.807) is 38.1 Å². The largest absolute Gasteiger partial charge is 0.360 e. The molecule has 2 aromatic rings. The fourth-order valence-corrected chi connectivity index (χ4v) is 1.68. The molecule has 0 spiro atoms. The molecular weight excluding hydrogens is 249 g/mol. The van der Waals surface area contributed by atoms with E-state index in [9.17, 15) is 9.18 Å². The summed E-state index contributed by atoms with van der Waals surface area (Å²) in [4.78, 5) is 11.7. The average Bonchev–Trinajstić information content (AvgIpc) is 2.74. The first kappa shape index (κ1) is 13.1. The minimum absolute atomic E-state index is 0.315. The van der Waals surface area contributed by atoms with Crippen molar-refractivity contribution < 1.29 is 13.7 Å². The van der Waals surface area contributed by atoms with Gasteiger partial charge in [0.05, 0.1) is 6.04 Å². The highest BCUT2D eigenvalue weighted by molar-refractivity contribution is 5.88. The molecule has 0 unspecified atom stereocenters. The van der Waals surface area contributed by atoms with Crippen molar-refractivity contribution in [3.63, 3.8) is 0 Å². The third-order valence-electron chi connectivity index (χ3n) is 2.59. The Morgan fingerprint density at radius 3 is 2.79 bits per heavy atom. The van der Waals surface area contributed by atoms with Crippen molar-refractivity contribution in [1.82, 2.24) is 10.5 Å². The number of nitrogens with one attached hydrogen (secondary N) is 2. The molecular formula is C13H14FN3O2. The van der Waals surface area contributed by atoms with Crippen molar-refractivity contribution in [2.24, 2.45) is 0 Å². The van der Waals surface area contributed by atoms with Crippen molar-refractivity contribution in [3.05, 3.63) is 47.5 Å². The first-order valence-electron chi connectivity index (χ1n) is 5.81. The summed E-state index contributed by atoms with van der Waals surface area (Å²) in [7, 11) is 0. The highest BCUT2D eigenvalue weighted by atomic mass is 19.1. The van der Waals surface area contributed by atoms with E-state index in [4.69, 9.17) is 4.52 Å². The van der Waals surface area contributed by atoms with E-state index in [1.807, 2.05) is 0 Å². The second kappa shape index (κ2) is 5.51. The minimum Gasteiger partial charge on any atom is -0.360 e. The molecule has 1 aromatic carbocycles. The van der Waals surface area contributed by atoms with Gasteiger partial charge in [0.25, 0.3) is 0 Å². The molecule has 1 heterocycles. The summed E-state index contributed by atoms with van der Waals surface area (Å²) < 4.78 is 18.3. The van der Waals surface area contributed by atoms with E-state index >= 15 is 0 Å². The SMILES string of the molecule is Cc1cc(NC(=O)N[C@H](C)c2ccccc2F)no1. The standard InChI is InChI=1S/C13H14FN3O2/c1-8-7-12(17-19-8)16-13(18)15-9(2)10-5-3-4-6-11(10)14/h3-7,9H,1-2H3,(H2,15,16,17,18)/t9-/m1/s1. The van der Waals surface area contributed by atoms with E-state index in [0.717, 1.165) is 0 Å². The second-order valence-corrected chi connectivity index (χ2v) is 4.16. The number of aromatic nitrogens is 1. The number of amides is 2. The number of urea groups is 1. The molecule has 1 atom stereocenters. The number of carbonyl (C=O) groups excluding carboxylic acids is 1. The van der Waals surface area contributed by atoms with Crippen LogP contribution < -0.4 is 10.6 Å². The zero-order valence-electron chi connectivity index (χ0n) is 10.6. The Bertz CT molecular complexity index is 583. The molecule has 2 N–H and O–H groups in total. The van der Waals surface area contributed by atoms with Crippen LogP contribution >= 0.6 is 0 Å². The Balaban J connectivity index is 1.97. The lowest BCUT2D eigenvalue weighted by Crippen LogP contribution is -2.31. The van der Waals surface area contributed by atoms with Crippen LogP contribution in [0.2, 0.25) is 0 Å². The third kappa shape index (κ3) is 3.31. The van der Waals surface area contributed by atoms with Gasteiger partial charge >= 0.3 is 6.03 Å². The van der Waals surface area contributed by atoms with Crippen molar-refractivity contribution in [3.8, 4) is 0 Å². The van der Waals surface area contributed by atoms with E-state index in [2.05, 4.69) is 15.8 Å².